The van der Waals surface area contributed by atoms with Gasteiger partial charge in [-0.2, -0.15) is 0 Å². The standard InChI is InChI=1S/C11H17N5O4/c1-6(13-9(12)19)7(17)16-4-2-11(3-5-16)8(18)14-10(20)15-11/h6H,2-5H2,1H3,(H3,12,13,19)(H2,14,15,18,20). The molecule has 1 spiro atoms. The summed E-state index contributed by atoms with van der Waals surface area (Å²) in [7, 11) is 0. The summed E-state index contributed by atoms with van der Waals surface area (Å²) in [5, 5.41) is 7.13. The number of amides is 6. The van der Waals surface area contributed by atoms with E-state index in [0.29, 0.717) is 25.9 Å². The third-order valence-electron chi connectivity index (χ3n) is 3.67. The van der Waals surface area contributed by atoms with E-state index < -0.39 is 23.6 Å². The molecule has 110 valence electrons. The number of nitrogens with one attached hydrogen (secondary N) is 3. The highest BCUT2D eigenvalue weighted by Crippen LogP contribution is 2.25. The predicted molar refractivity (Wildman–Crippen MR) is 67.4 cm³/mol. The van der Waals surface area contributed by atoms with E-state index in [-0.39, 0.29) is 11.8 Å². The summed E-state index contributed by atoms with van der Waals surface area (Å²) in [5.41, 5.74) is 4.06. The Bertz CT molecular complexity index is 469. The summed E-state index contributed by atoms with van der Waals surface area (Å²) in [5.74, 6) is -0.610. The normalized spacial score (nSPS) is 22.1. The highest BCUT2D eigenvalue weighted by Gasteiger charge is 2.48. The number of rotatable bonds is 2. The van der Waals surface area contributed by atoms with Crippen LogP contribution in [0.25, 0.3) is 0 Å². The lowest BCUT2D eigenvalue weighted by molar-refractivity contribution is -0.137. The fourth-order valence-corrected chi connectivity index (χ4v) is 2.54. The largest absolute Gasteiger partial charge is 0.352 e. The van der Waals surface area contributed by atoms with Crippen LogP contribution in [0.4, 0.5) is 9.59 Å². The molecular formula is C11H17N5O4. The number of nitrogens with two attached hydrogens (primary N) is 1. The van der Waals surface area contributed by atoms with Gasteiger partial charge in [0.1, 0.15) is 11.6 Å². The molecule has 0 aromatic rings. The molecule has 2 aliphatic rings. The number of piperidine rings is 1. The molecule has 20 heavy (non-hydrogen) atoms. The summed E-state index contributed by atoms with van der Waals surface area (Å²) in [6, 6.07) is -1.98. The van der Waals surface area contributed by atoms with Crippen LogP contribution in [0, 0.1) is 0 Å². The number of nitrogens with zero attached hydrogens (tertiary/aromatic N) is 1. The van der Waals surface area contributed by atoms with E-state index in [1.54, 1.807) is 11.8 Å². The van der Waals surface area contributed by atoms with E-state index in [1.165, 1.54) is 0 Å². The first kappa shape index (κ1) is 14.1. The fraction of sp³-hybridized carbons (Fsp3) is 0.636. The lowest BCUT2D eigenvalue weighted by Crippen LogP contribution is -2.58. The van der Waals surface area contributed by atoms with Crippen LogP contribution in [0.3, 0.4) is 0 Å². The monoisotopic (exact) mass is 283 g/mol. The molecule has 6 amide bonds. The Hall–Kier alpha value is -2.32. The maximum absolute atomic E-state index is 12.1. The number of imide groups is 1. The molecule has 0 aromatic carbocycles. The average Bonchev–Trinajstić information content (AvgIpc) is 2.63. The number of hydrogen-bond donors (Lipinski definition) is 4. The second-order valence-corrected chi connectivity index (χ2v) is 5.05. The average molecular weight is 283 g/mol. The van der Waals surface area contributed by atoms with Crippen LogP contribution in [-0.2, 0) is 9.59 Å². The van der Waals surface area contributed by atoms with Crippen LogP contribution in [0.5, 0.6) is 0 Å². The number of carbonyl (C=O) groups excluding carboxylic acids is 4. The number of carbonyl (C=O) groups is 4. The molecule has 5 N–H and O–H groups in total. The Morgan fingerprint density at radius 1 is 1.35 bits per heavy atom. The van der Waals surface area contributed by atoms with Gasteiger partial charge in [-0.15, -0.1) is 0 Å². The van der Waals surface area contributed by atoms with Crippen molar-refractivity contribution in [2.75, 3.05) is 13.1 Å². The molecular weight excluding hydrogens is 266 g/mol. The van der Waals surface area contributed by atoms with Gasteiger partial charge < -0.3 is 21.3 Å². The van der Waals surface area contributed by atoms with E-state index in [2.05, 4.69) is 16.0 Å². The first-order valence-electron chi connectivity index (χ1n) is 6.32. The van der Waals surface area contributed by atoms with E-state index in [9.17, 15) is 19.2 Å². The molecule has 0 saturated carbocycles. The second-order valence-electron chi connectivity index (χ2n) is 5.05. The minimum Gasteiger partial charge on any atom is -0.352 e. The van der Waals surface area contributed by atoms with Crippen molar-refractivity contribution in [2.45, 2.75) is 31.3 Å². The molecule has 1 atom stereocenters. The van der Waals surface area contributed by atoms with E-state index in [0.717, 1.165) is 0 Å². The Balaban J connectivity index is 1.94. The lowest BCUT2D eigenvalue weighted by Gasteiger charge is -2.37. The van der Waals surface area contributed by atoms with Crippen molar-refractivity contribution in [1.82, 2.24) is 20.9 Å². The summed E-state index contributed by atoms with van der Waals surface area (Å²) in [4.78, 5) is 47.2. The highest BCUT2D eigenvalue weighted by atomic mass is 16.2. The molecule has 9 nitrogen and oxygen atoms in total. The molecule has 2 saturated heterocycles. The third-order valence-corrected chi connectivity index (χ3v) is 3.67. The van der Waals surface area contributed by atoms with Crippen LogP contribution in [0.2, 0.25) is 0 Å². The molecule has 2 heterocycles. The van der Waals surface area contributed by atoms with Gasteiger partial charge in [-0.05, 0) is 19.8 Å². The highest BCUT2D eigenvalue weighted by molar-refractivity contribution is 6.07. The Morgan fingerprint density at radius 3 is 2.40 bits per heavy atom. The number of likely N-dealkylation sites (tertiary alicyclic amines) is 1. The summed E-state index contributed by atoms with van der Waals surface area (Å²) < 4.78 is 0. The van der Waals surface area contributed by atoms with Crippen molar-refractivity contribution in [3.8, 4) is 0 Å². The third kappa shape index (κ3) is 2.51. The zero-order valence-electron chi connectivity index (χ0n) is 11.1. The maximum Gasteiger partial charge on any atom is 0.322 e. The summed E-state index contributed by atoms with van der Waals surface area (Å²) >= 11 is 0. The van der Waals surface area contributed by atoms with Gasteiger partial charge in [-0.3, -0.25) is 14.9 Å². The molecule has 2 fully saturated rings. The molecule has 0 bridgehead atoms. The van der Waals surface area contributed by atoms with Crippen molar-refractivity contribution in [3.05, 3.63) is 0 Å². The molecule has 2 rings (SSSR count). The number of primary amides is 1. The van der Waals surface area contributed by atoms with Gasteiger partial charge >= 0.3 is 12.1 Å². The van der Waals surface area contributed by atoms with Gasteiger partial charge in [0, 0.05) is 13.1 Å². The van der Waals surface area contributed by atoms with E-state index in [4.69, 9.17) is 5.73 Å². The molecule has 0 aliphatic carbocycles. The van der Waals surface area contributed by atoms with Crippen molar-refractivity contribution in [1.29, 1.82) is 0 Å². The molecule has 0 radical (unpaired) electrons. The summed E-state index contributed by atoms with van der Waals surface area (Å²) in [6.45, 7) is 2.20. The van der Waals surface area contributed by atoms with Crippen LogP contribution >= 0.6 is 0 Å². The van der Waals surface area contributed by atoms with Crippen LogP contribution in [0.1, 0.15) is 19.8 Å². The van der Waals surface area contributed by atoms with Crippen molar-refractivity contribution in [2.24, 2.45) is 5.73 Å². The summed E-state index contributed by atoms with van der Waals surface area (Å²) in [6.07, 6.45) is 0.694. The van der Waals surface area contributed by atoms with Crippen LogP contribution < -0.4 is 21.7 Å². The zero-order chi connectivity index (χ0) is 14.9. The van der Waals surface area contributed by atoms with E-state index in [1.807, 2.05) is 0 Å². The first-order chi connectivity index (χ1) is 9.34. The Morgan fingerprint density at radius 2 is 1.95 bits per heavy atom. The van der Waals surface area contributed by atoms with Crippen LogP contribution in [0.15, 0.2) is 0 Å². The molecule has 0 aromatic heterocycles. The van der Waals surface area contributed by atoms with E-state index >= 15 is 0 Å². The van der Waals surface area contributed by atoms with Gasteiger partial charge in [0.2, 0.25) is 5.91 Å². The molecule has 1 unspecified atom stereocenters. The lowest BCUT2D eigenvalue weighted by atomic mass is 9.87. The smallest absolute Gasteiger partial charge is 0.322 e. The minimum atomic E-state index is -0.909. The Kier molecular flexibility index (Phi) is 3.51. The number of urea groups is 2. The topological polar surface area (TPSA) is 134 Å². The van der Waals surface area contributed by atoms with Gasteiger partial charge in [0.15, 0.2) is 0 Å². The first-order valence-corrected chi connectivity index (χ1v) is 6.32. The fourth-order valence-electron chi connectivity index (χ4n) is 2.54. The van der Waals surface area contributed by atoms with Gasteiger partial charge in [-0.25, -0.2) is 9.59 Å². The predicted octanol–water partition coefficient (Wildman–Crippen LogP) is -1.76. The van der Waals surface area contributed by atoms with Crippen molar-refractivity contribution >= 4 is 23.9 Å². The van der Waals surface area contributed by atoms with Crippen LogP contribution in [-0.4, -0.2) is 53.4 Å². The van der Waals surface area contributed by atoms with Gasteiger partial charge in [0.25, 0.3) is 5.91 Å². The minimum absolute atomic E-state index is 0.261. The zero-order valence-corrected chi connectivity index (χ0v) is 11.1. The van der Waals surface area contributed by atoms with Crippen molar-refractivity contribution < 1.29 is 19.2 Å². The van der Waals surface area contributed by atoms with Gasteiger partial charge in [0.05, 0.1) is 0 Å². The SMILES string of the molecule is CC(NC(N)=O)C(=O)N1CCC2(CC1)NC(=O)NC2=O. The van der Waals surface area contributed by atoms with Crippen molar-refractivity contribution in [3.63, 3.8) is 0 Å². The molecule has 2 aliphatic heterocycles. The molecule has 9 heteroatoms. The maximum atomic E-state index is 12.1. The van der Waals surface area contributed by atoms with Gasteiger partial charge in [-0.1, -0.05) is 0 Å². The quantitative estimate of drug-likeness (QED) is 0.447. The second kappa shape index (κ2) is 4.99. The number of hydrogen-bond acceptors (Lipinski definition) is 4. The Labute approximate surface area is 115 Å².